The number of hydrogen-bond donors (Lipinski definition) is 0. The molecule has 112 valence electrons. The average molecular weight is 370 g/mol. The molecule has 2 nitrogen and oxygen atoms in total. The molecular formula is C17H18BrClO2. The molecule has 21 heavy (non-hydrogen) atoms. The summed E-state index contributed by atoms with van der Waals surface area (Å²) in [6.45, 7) is 2.04. The first-order valence-electron chi connectivity index (χ1n) is 6.66. The van der Waals surface area contributed by atoms with Crippen LogP contribution in [-0.2, 0) is 6.42 Å². The van der Waals surface area contributed by atoms with Crippen LogP contribution in [0.4, 0.5) is 0 Å². The molecule has 1 atom stereocenters. The van der Waals surface area contributed by atoms with Crippen molar-refractivity contribution in [1.29, 1.82) is 0 Å². The summed E-state index contributed by atoms with van der Waals surface area (Å²) in [5.41, 5.74) is 3.37. The van der Waals surface area contributed by atoms with Crippen LogP contribution in [0.3, 0.4) is 0 Å². The van der Waals surface area contributed by atoms with E-state index >= 15 is 0 Å². The van der Waals surface area contributed by atoms with Crippen molar-refractivity contribution < 1.29 is 9.47 Å². The molecule has 0 amide bonds. The molecule has 0 bridgehead atoms. The van der Waals surface area contributed by atoms with E-state index in [-0.39, 0.29) is 5.38 Å². The minimum absolute atomic E-state index is 0.106. The molecule has 0 spiro atoms. The summed E-state index contributed by atoms with van der Waals surface area (Å²) in [6.07, 6.45) is 0.769. The first kappa shape index (κ1) is 16.2. The molecule has 1 unspecified atom stereocenters. The lowest BCUT2D eigenvalue weighted by atomic mass is 9.99. The molecular weight excluding hydrogens is 352 g/mol. The van der Waals surface area contributed by atoms with Gasteiger partial charge in [-0.05, 0) is 54.3 Å². The monoisotopic (exact) mass is 368 g/mol. The highest BCUT2D eigenvalue weighted by Crippen LogP contribution is 2.36. The van der Waals surface area contributed by atoms with Gasteiger partial charge in [0, 0.05) is 4.47 Å². The van der Waals surface area contributed by atoms with Gasteiger partial charge in [-0.1, -0.05) is 28.1 Å². The number of methoxy groups -OCH3 is 2. The van der Waals surface area contributed by atoms with Gasteiger partial charge in [0.2, 0.25) is 0 Å². The number of ether oxygens (including phenoxy) is 2. The van der Waals surface area contributed by atoms with Gasteiger partial charge in [0.15, 0.2) is 11.5 Å². The van der Waals surface area contributed by atoms with Crippen molar-refractivity contribution >= 4 is 27.5 Å². The Morgan fingerprint density at radius 2 is 1.62 bits per heavy atom. The second-order valence-electron chi connectivity index (χ2n) is 4.86. The zero-order valence-electron chi connectivity index (χ0n) is 12.3. The Bertz CT molecular complexity index is 611. The van der Waals surface area contributed by atoms with Gasteiger partial charge < -0.3 is 9.47 Å². The minimum atomic E-state index is -0.106. The summed E-state index contributed by atoms with van der Waals surface area (Å²) in [4.78, 5) is 0. The molecule has 2 aromatic carbocycles. The predicted molar refractivity (Wildman–Crippen MR) is 90.7 cm³/mol. The molecule has 0 aliphatic heterocycles. The van der Waals surface area contributed by atoms with E-state index in [2.05, 4.69) is 28.1 Å². The van der Waals surface area contributed by atoms with Crippen LogP contribution in [0.2, 0.25) is 0 Å². The Labute approximate surface area is 139 Å². The largest absolute Gasteiger partial charge is 0.493 e. The SMILES string of the molecule is COc1cc(C)c(C(Cl)Cc2ccc(Br)cc2)cc1OC. The van der Waals surface area contributed by atoms with Gasteiger partial charge >= 0.3 is 0 Å². The summed E-state index contributed by atoms with van der Waals surface area (Å²) >= 11 is 10.0. The van der Waals surface area contributed by atoms with Crippen molar-refractivity contribution in [3.63, 3.8) is 0 Å². The van der Waals surface area contributed by atoms with Gasteiger partial charge in [-0.2, -0.15) is 0 Å². The Hall–Kier alpha value is -1.19. The number of aryl methyl sites for hydroxylation is 1. The Morgan fingerprint density at radius 3 is 2.19 bits per heavy atom. The van der Waals surface area contributed by atoms with Gasteiger partial charge in [-0.15, -0.1) is 11.6 Å². The first-order chi connectivity index (χ1) is 10.0. The summed E-state index contributed by atoms with van der Waals surface area (Å²) in [7, 11) is 3.27. The number of rotatable bonds is 5. The van der Waals surface area contributed by atoms with Crippen LogP contribution in [-0.4, -0.2) is 14.2 Å². The third-order valence-corrected chi connectivity index (χ3v) is 4.36. The summed E-state index contributed by atoms with van der Waals surface area (Å²) in [6, 6.07) is 12.1. The van der Waals surface area contributed by atoms with E-state index in [1.165, 1.54) is 5.56 Å². The Morgan fingerprint density at radius 1 is 1.05 bits per heavy atom. The standard InChI is InChI=1S/C17H18BrClO2/c1-11-8-16(20-2)17(21-3)10-14(11)15(19)9-12-4-6-13(18)7-5-12/h4-8,10,15H,9H2,1-3H3. The first-order valence-corrected chi connectivity index (χ1v) is 7.89. The normalized spacial score (nSPS) is 12.0. The second kappa shape index (κ2) is 7.19. The fraction of sp³-hybridized carbons (Fsp3) is 0.294. The molecule has 2 aromatic rings. The van der Waals surface area contributed by atoms with Gasteiger partial charge in [0.1, 0.15) is 0 Å². The topological polar surface area (TPSA) is 18.5 Å². The highest BCUT2D eigenvalue weighted by molar-refractivity contribution is 9.10. The minimum Gasteiger partial charge on any atom is -0.493 e. The van der Waals surface area contributed by atoms with E-state index in [9.17, 15) is 0 Å². The Balaban J connectivity index is 2.26. The summed E-state index contributed by atoms with van der Waals surface area (Å²) in [5.74, 6) is 1.44. The third kappa shape index (κ3) is 3.92. The maximum absolute atomic E-state index is 6.60. The van der Waals surface area contributed by atoms with Crippen LogP contribution < -0.4 is 9.47 Å². The summed E-state index contributed by atoms with van der Waals surface area (Å²) in [5, 5.41) is -0.106. The van der Waals surface area contributed by atoms with Gasteiger partial charge in [0.25, 0.3) is 0 Å². The molecule has 0 aliphatic rings. The van der Waals surface area contributed by atoms with Crippen molar-refractivity contribution in [2.45, 2.75) is 18.7 Å². The lowest BCUT2D eigenvalue weighted by Crippen LogP contribution is -2.01. The van der Waals surface area contributed by atoms with E-state index < -0.39 is 0 Å². The second-order valence-corrected chi connectivity index (χ2v) is 6.30. The molecule has 0 radical (unpaired) electrons. The van der Waals surface area contributed by atoms with E-state index in [0.29, 0.717) is 5.75 Å². The molecule has 0 saturated heterocycles. The molecule has 0 aromatic heterocycles. The van der Waals surface area contributed by atoms with E-state index in [1.807, 2.05) is 31.2 Å². The van der Waals surface area contributed by atoms with Crippen LogP contribution >= 0.6 is 27.5 Å². The van der Waals surface area contributed by atoms with Crippen LogP contribution in [0.1, 0.15) is 22.1 Å². The maximum atomic E-state index is 6.60. The lowest BCUT2D eigenvalue weighted by molar-refractivity contribution is 0.354. The summed E-state index contributed by atoms with van der Waals surface area (Å²) < 4.78 is 11.7. The average Bonchev–Trinajstić information content (AvgIpc) is 2.49. The van der Waals surface area contributed by atoms with Gasteiger partial charge in [-0.3, -0.25) is 0 Å². The molecule has 0 saturated carbocycles. The molecule has 0 heterocycles. The van der Waals surface area contributed by atoms with E-state index in [0.717, 1.165) is 27.8 Å². The number of alkyl halides is 1. The maximum Gasteiger partial charge on any atom is 0.161 e. The van der Waals surface area contributed by atoms with Crippen LogP contribution in [0.25, 0.3) is 0 Å². The predicted octanol–water partition coefficient (Wildman–Crippen LogP) is 5.30. The van der Waals surface area contributed by atoms with E-state index in [1.54, 1.807) is 14.2 Å². The zero-order valence-corrected chi connectivity index (χ0v) is 14.7. The highest BCUT2D eigenvalue weighted by Gasteiger charge is 2.16. The van der Waals surface area contributed by atoms with Crippen molar-refractivity contribution in [1.82, 2.24) is 0 Å². The van der Waals surface area contributed by atoms with Gasteiger partial charge in [-0.25, -0.2) is 0 Å². The molecule has 2 rings (SSSR count). The lowest BCUT2D eigenvalue weighted by Gasteiger charge is -2.16. The fourth-order valence-corrected chi connectivity index (χ4v) is 2.95. The molecule has 0 aliphatic carbocycles. The van der Waals surface area contributed by atoms with Crippen molar-refractivity contribution in [2.24, 2.45) is 0 Å². The number of hydrogen-bond acceptors (Lipinski definition) is 2. The van der Waals surface area contributed by atoms with Crippen molar-refractivity contribution in [2.75, 3.05) is 14.2 Å². The number of halogens is 2. The highest BCUT2D eigenvalue weighted by atomic mass is 79.9. The van der Waals surface area contributed by atoms with E-state index in [4.69, 9.17) is 21.1 Å². The molecule has 0 N–H and O–H groups in total. The molecule has 4 heteroatoms. The van der Waals surface area contributed by atoms with Gasteiger partial charge in [0.05, 0.1) is 19.6 Å². The number of benzene rings is 2. The smallest absolute Gasteiger partial charge is 0.161 e. The van der Waals surface area contributed by atoms with Crippen LogP contribution in [0.15, 0.2) is 40.9 Å². The van der Waals surface area contributed by atoms with Crippen molar-refractivity contribution in [3.05, 3.63) is 57.6 Å². The van der Waals surface area contributed by atoms with Crippen LogP contribution in [0.5, 0.6) is 11.5 Å². The molecule has 0 fully saturated rings. The zero-order chi connectivity index (χ0) is 15.4. The van der Waals surface area contributed by atoms with Crippen LogP contribution in [0, 0.1) is 6.92 Å². The fourth-order valence-electron chi connectivity index (χ4n) is 2.27. The van der Waals surface area contributed by atoms with Crippen molar-refractivity contribution in [3.8, 4) is 11.5 Å². The Kier molecular flexibility index (Phi) is 5.54. The third-order valence-electron chi connectivity index (χ3n) is 3.44. The quantitative estimate of drug-likeness (QED) is 0.666.